The molecule has 1 aliphatic rings. The molecule has 0 saturated carbocycles. The Morgan fingerprint density at radius 3 is 2.46 bits per heavy atom. The van der Waals surface area contributed by atoms with Gasteiger partial charge in [0.05, 0.1) is 13.2 Å². The minimum absolute atomic E-state index is 0. The van der Waals surface area contributed by atoms with Crippen LogP contribution in [0.5, 0.6) is 11.5 Å². The fourth-order valence-corrected chi connectivity index (χ4v) is 3.22. The summed E-state index contributed by atoms with van der Waals surface area (Å²) in [5.74, 6) is 1.38. The second kappa shape index (κ2) is 11.3. The molecular formula is C20H33ClN2O3. The third kappa shape index (κ3) is 5.78. The van der Waals surface area contributed by atoms with E-state index in [1.807, 2.05) is 30.0 Å². The molecule has 1 aromatic carbocycles. The molecule has 0 radical (unpaired) electrons. The molecule has 148 valence electrons. The van der Waals surface area contributed by atoms with Gasteiger partial charge in [-0.15, -0.1) is 12.4 Å². The van der Waals surface area contributed by atoms with Crippen LogP contribution in [0.4, 0.5) is 0 Å². The zero-order valence-electron chi connectivity index (χ0n) is 16.2. The van der Waals surface area contributed by atoms with Crippen molar-refractivity contribution < 1.29 is 14.3 Å². The van der Waals surface area contributed by atoms with Gasteiger partial charge in [-0.2, -0.15) is 0 Å². The van der Waals surface area contributed by atoms with Gasteiger partial charge in [0.25, 0.3) is 5.91 Å². The first-order valence-corrected chi connectivity index (χ1v) is 9.54. The van der Waals surface area contributed by atoms with Crippen LogP contribution in [0.2, 0.25) is 0 Å². The molecule has 2 rings (SSSR count). The number of likely N-dealkylation sites (tertiary alicyclic amines) is 1. The minimum Gasteiger partial charge on any atom is -0.490 e. The Labute approximate surface area is 163 Å². The van der Waals surface area contributed by atoms with E-state index in [9.17, 15) is 4.79 Å². The maximum atomic E-state index is 13.0. The van der Waals surface area contributed by atoms with Crippen molar-refractivity contribution in [2.24, 2.45) is 5.73 Å². The molecule has 5 nitrogen and oxygen atoms in total. The van der Waals surface area contributed by atoms with Crippen LogP contribution < -0.4 is 15.2 Å². The van der Waals surface area contributed by atoms with Crippen LogP contribution in [-0.4, -0.2) is 42.6 Å². The molecule has 0 bridgehead atoms. The second-order valence-electron chi connectivity index (χ2n) is 6.78. The topological polar surface area (TPSA) is 64.8 Å². The molecule has 2 N–H and O–H groups in total. The van der Waals surface area contributed by atoms with E-state index in [1.165, 1.54) is 0 Å². The van der Waals surface area contributed by atoms with Crippen LogP contribution in [0.15, 0.2) is 18.2 Å². The van der Waals surface area contributed by atoms with Gasteiger partial charge >= 0.3 is 0 Å². The van der Waals surface area contributed by atoms with Gasteiger partial charge in [-0.25, -0.2) is 0 Å². The lowest BCUT2D eigenvalue weighted by molar-refractivity contribution is 0.0583. The summed E-state index contributed by atoms with van der Waals surface area (Å²) in [4.78, 5) is 15.0. The molecule has 2 unspecified atom stereocenters. The van der Waals surface area contributed by atoms with Crippen molar-refractivity contribution in [3.63, 3.8) is 0 Å². The molecule has 26 heavy (non-hydrogen) atoms. The van der Waals surface area contributed by atoms with E-state index >= 15 is 0 Å². The maximum Gasteiger partial charge on any atom is 0.254 e. The van der Waals surface area contributed by atoms with E-state index in [4.69, 9.17) is 15.2 Å². The summed E-state index contributed by atoms with van der Waals surface area (Å²) >= 11 is 0. The number of carbonyl (C=O) groups excluding carboxylic acids is 1. The molecule has 1 amide bonds. The first-order valence-electron chi connectivity index (χ1n) is 9.54. The average Bonchev–Trinajstić information content (AvgIpc) is 2.64. The standard InChI is InChI=1S/C20H32N2O3.ClH/c1-4-12-24-18-10-9-16(14-19(18)25-13-5-2)20(23)22-11-7-6-8-17(22)15(3)21;/h9-10,14-15,17H,4-8,11-13,21H2,1-3H3;1H. The van der Waals surface area contributed by atoms with Crippen LogP contribution in [0.25, 0.3) is 0 Å². The maximum absolute atomic E-state index is 13.0. The smallest absolute Gasteiger partial charge is 0.254 e. The number of nitrogens with two attached hydrogens (primary N) is 1. The van der Waals surface area contributed by atoms with E-state index in [1.54, 1.807) is 0 Å². The number of amides is 1. The first-order chi connectivity index (χ1) is 12.1. The van der Waals surface area contributed by atoms with Crippen molar-refractivity contribution in [1.29, 1.82) is 0 Å². The summed E-state index contributed by atoms with van der Waals surface area (Å²) in [5.41, 5.74) is 6.75. The monoisotopic (exact) mass is 384 g/mol. The zero-order valence-corrected chi connectivity index (χ0v) is 17.0. The van der Waals surface area contributed by atoms with Crippen molar-refractivity contribution in [2.45, 2.75) is 65.0 Å². The molecule has 0 spiro atoms. The molecular weight excluding hydrogens is 352 g/mol. The molecule has 1 heterocycles. The van der Waals surface area contributed by atoms with E-state index in [2.05, 4.69) is 13.8 Å². The van der Waals surface area contributed by atoms with Crippen LogP contribution in [0.1, 0.15) is 63.2 Å². The number of benzene rings is 1. The highest BCUT2D eigenvalue weighted by Crippen LogP contribution is 2.30. The number of carbonyl (C=O) groups is 1. The average molecular weight is 385 g/mol. The van der Waals surface area contributed by atoms with Gasteiger partial charge in [0.2, 0.25) is 0 Å². The summed E-state index contributed by atoms with van der Waals surface area (Å²) in [7, 11) is 0. The Bertz CT molecular complexity index is 566. The number of hydrogen-bond acceptors (Lipinski definition) is 4. The lowest BCUT2D eigenvalue weighted by atomic mass is 9.96. The second-order valence-corrected chi connectivity index (χ2v) is 6.78. The predicted octanol–water partition coefficient (Wildman–Crippen LogP) is 4.03. The predicted molar refractivity (Wildman–Crippen MR) is 108 cm³/mol. The third-order valence-electron chi connectivity index (χ3n) is 4.53. The Morgan fingerprint density at radius 1 is 1.19 bits per heavy atom. The number of rotatable bonds is 8. The lowest BCUT2D eigenvalue weighted by Gasteiger charge is -2.38. The van der Waals surface area contributed by atoms with Gasteiger partial charge in [0, 0.05) is 24.2 Å². The minimum atomic E-state index is -0.0211. The summed E-state index contributed by atoms with van der Waals surface area (Å²) in [6, 6.07) is 5.58. The highest BCUT2D eigenvalue weighted by Gasteiger charge is 2.30. The molecule has 0 aromatic heterocycles. The van der Waals surface area contributed by atoms with Gasteiger partial charge in [-0.3, -0.25) is 4.79 Å². The number of ether oxygens (including phenoxy) is 2. The molecule has 1 aromatic rings. The summed E-state index contributed by atoms with van der Waals surface area (Å²) in [6.45, 7) is 8.11. The molecule has 6 heteroatoms. The Morgan fingerprint density at radius 2 is 1.85 bits per heavy atom. The van der Waals surface area contributed by atoms with Crippen LogP contribution >= 0.6 is 12.4 Å². The van der Waals surface area contributed by atoms with Crippen molar-refractivity contribution >= 4 is 18.3 Å². The highest BCUT2D eigenvalue weighted by atomic mass is 35.5. The van der Waals surface area contributed by atoms with Gasteiger partial charge < -0.3 is 20.1 Å². The van der Waals surface area contributed by atoms with Crippen LogP contribution in [0.3, 0.4) is 0 Å². The van der Waals surface area contributed by atoms with E-state index in [0.29, 0.717) is 30.3 Å². The van der Waals surface area contributed by atoms with Crippen molar-refractivity contribution in [3.05, 3.63) is 23.8 Å². The molecule has 1 saturated heterocycles. The number of piperidine rings is 1. The Kier molecular flexibility index (Phi) is 9.81. The van der Waals surface area contributed by atoms with E-state index in [-0.39, 0.29) is 30.4 Å². The Hall–Kier alpha value is -1.46. The van der Waals surface area contributed by atoms with Crippen molar-refractivity contribution in [2.75, 3.05) is 19.8 Å². The normalized spacial score (nSPS) is 18.0. The summed E-state index contributed by atoms with van der Waals surface area (Å²) < 4.78 is 11.6. The first kappa shape index (κ1) is 22.6. The molecule has 2 atom stereocenters. The summed E-state index contributed by atoms with van der Waals surface area (Å²) in [5, 5.41) is 0. The molecule has 1 fully saturated rings. The fourth-order valence-electron chi connectivity index (χ4n) is 3.22. The van der Waals surface area contributed by atoms with Crippen LogP contribution in [-0.2, 0) is 0 Å². The summed E-state index contributed by atoms with van der Waals surface area (Å²) in [6.07, 6.45) is 4.97. The van der Waals surface area contributed by atoms with E-state index < -0.39 is 0 Å². The zero-order chi connectivity index (χ0) is 18.2. The Balaban J connectivity index is 0.00000338. The van der Waals surface area contributed by atoms with Crippen molar-refractivity contribution in [1.82, 2.24) is 4.90 Å². The number of nitrogens with zero attached hydrogens (tertiary/aromatic N) is 1. The van der Waals surface area contributed by atoms with Crippen LogP contribution in [0, 0.1) is 0 Å². The number of hydrogen-bond donors (Lipinski definition) is 1. The fraction of sp³-hybridized carbons (Fsp3) is 0.650. The molecule has 0 aliphatic carbocycles. The van der Waals surface area contributed by atoms with Gasteiger partial charge in [-0.1, -0.05) is 13.8 Å². The number of halogens is 1. The van der Waals surface area contributed by atoms with Gasteiger partial charge in [0.15, 0.2) is 11.5 Å². The van der Waals surface area contributed by atoms with Gasteiger partial charge in [0.1, 0.15) is 0 Å². The third-order valence-corrected chi connectivity index (χ3v) is 4.53. The highest BCUT2D eigenvalue weighted by molar-refractivity contribution is 5.95. The quantitative estimate of drug-likeness (QED) is 0.734. The lowest BCUT2D eigenvalue weighted by Crippen LogP contribution is -2.51. The van der Waals surface area contributed by atoms with E-state index in [0.717, 1.165) is 38.6 Å². The van der Waals surface area contributed by atoms with Crippen molar-refractivity contribution in [3.8, 4) is 11.5 Å². The SMILES string of the molecule is CCCOc1ccc(C(=O)N2CCCCC2C(C)N)cc1OCCC.Cl. The van der Waals surface area contributed by atoms with Gasteiger partial charge in [-0.05, 0) is 57.2 Å². The molecule has 1 aliphatic heterocycles. The largest absolute Gasteiger partial charge is 0.490 e.